The molecule has 0 atom stereocenters. The van der Waals surface area contributed by atoms with Gasteiger partial charge in [-0.25, -0.2) is 19.8 Å². The number of rotatable bonds is 3. The molecule has 0 spiro atoms. The molecule has 0 bridgehead atoms. The van der Waals surface area contributed by atoms with Crippen LogP contribution in [0, 0.1) is 31.8 Å². The Morgan fingerprint density at radius 1 is 0.757 bits per heavy atom. The Hall–Kier alpha value is -5.33. The molecule has 0 amide bonds. The quantitative estimate of drug-likeness (QED) is 0.251. The van der Waals surface area contributed by atoms with E-state index < -0.39 is 0 Å². The van der Waals surface area contributed by atoms with Crippen LogP contribution in [0.2, 0.25) is 0 Å². The Labute approximate surface area is 213 Å². The molecule has 6 rings (SSSR count). The predicted molar refractivity (Wildman–Crippen MR) is 145 cm³/mol. The van der Waals surface area contributed by atoms with Crippen LogP contribution in [0.1, 0.15) is 17.2 Å². The van der Waals surface area contributed by atoms with Crippen molar-refractivity contribution in [3.05, 3.63) is 114 Å². The Kier molecular flexibility index (Phi) is 5.22. The van der Waals surface area contributed by atoms with E-state index in [2.05, 4.69) is 60.8 Å². The fraction of sp³-hybridized carbons (Fsp3) is 0.0645. The number of hydrogen-bond acceptors (Lipinski definition) is 4. The number of fused-ring (bicyclic) bond motifs is 3. The Bertz CT molecular complexity index is 1900. The van der Waals surface area contributed by atoms with Gasteiger partial charge in [-0.3, -0.25) is 0 Å². The van der Waals surface area contributed by atoms with Crippen molar-refractivity contribution >= 4 is 27.5 Å². The van der Waals surface area contributed by atoms with Crippen molar-refractivity contribution in [3.63, 3.8) is 0 Å². The maximum absolute atomic E-state index is 9.65. The van der Waals surface area contributed by atoms with Crippen molar-refractivity contribution in [3.8, 4) is 34.3 Å². The van der Waals surface area contributed by atoms with Crippen LogP contribution in [0.3, 0.4) is 0 Å². The highest BCUT2D eigenvalue weighted by Crippen LogP contribution is 2.37. The maximum Gasteiger partial charge on any atom is 0.187 e. The lowest BCUT2D eigenvalue weighted by molar-refractivity contribution is 0.926. The summed E-state index contributed by atoms with van der Waals surface area (Å²) in [5.41, 5.74) is 6.97. The van der Waals surface area contributed by atoms with Gasteiger partial charge < -0.3 is 4.57 Å². The summed E-state index contributed by atoms with van der Waals surface area (Å²) in [4.78, 5) is 17.1. The molecule has 0 fully saturated rings. The highest BCUT2D eigenvalue weighted by Gasteiger charge is 2.18. The number of nitrogens with zero attached hydrogens (tertiary/aromatic N) is 6. The van der Waals surface area contributed by atoms with Crippen LogP contribution in [0.4, 0.5) is 5.69 Å². The molecule has 6 nitrogen and oxygen atoms in total. The molecule has 0 aliphatic carbocycles. The third-order valence-electron chi connectivity index (χ3n) is 6.47. The summed E-state index contributed by atoms with van der Waals surface area (Å²) in [6.07, 6.45) is 0. The van der Waals surface area contributed by atoms with E-state index in [9.17, 15) is 5.26 Å². The zero-order valence-electron chi connectivity index (χ0n) is 20.3. The summed E-state index contributed by atoms with van der Waals surface area (Å²) >= 11 is 0. The van der Waals surface area contributed by atoms with Gasteiger partial charge in [0, 0.05) is 16.3 Å². The molecule has 2 heterocycles. The third kappa shape index (κ3) is 3.78. The molecule has 0 aliphatic heterocycles. The highest BCUT2D eigenvalue weighted by atomic mass is 15.0. The van der Waals surface area contributed by atoms with E-state index in [1.807, 2.05) is 68.4 Å². The van der Waals surface area contributed by atoms with Gasteiger partial charge in [-0.1, -0.05) is 54.6 Å². The highest BCUT2D eigenvalue weighted by molar-refractivity contribution is 6.10. The van der Waals surface area contributed by atoms with Gasteiger partial charge in [-0.05, 0) is 55.3 Å². The number of nitriles is 1. The minimum Gasteiger partial charge on any atom is -0.308 e. The molecule has 37 heavy (non-hydrogen) atoms. The second kappa shape index (κ2) is 8.71. The zero-order valence-corrected chi connectivity index (χ0v) is 20.3. The first-order valence-electron chi connectivity index (χ1n) is 11.8. The smallest absolute Gasteiger partial charge is 0.187 e. The Morgan fingerprint density at radius 2 is 1.46 bits per heavy atom. The van der Waals surface area contributed by atoms with E-state index >= 15 is 0 Å². The van der Waals surface area contributed by atoms with Crippen LogP contribution < -0.4 is 0 Å². The number of aryl methyl sites for hydroxylation is 2. The lowest BCUT2D eigenvalue weighted by Crippen LogP contribution is -2.03. The lowest BCUT2D eigenvalue weighted by atomic mass is 10.0. The average Bonchev–Trinajstić information content (AvgIpc) is 3.25. The van der Waals surface area contributed by atoms with E-state index in [1.54, 1.807) is 0 Å². The molecular weight excluding hydrogens is 456 g/mol. The minimum atomic E-state index is 0.536. The fourth-order valence-corrected chi connectivity index (χ4v) is 4.85. The van der Waals surface area contributed by atoms with Crippen LogP contribution in [0.5, 0.6) is 0 Å². The minimum absolute atomic E-state index is 0.536. The summed E-state index contributed by atoms with van der Waals surface area (Å²) in [7, 11) is 0. The standard InChI is InChI=1S/C31H20N6/c1-19-34-20(2)36-31(35-19)27-16-21(18-32)8-15-29(27)37-28-7-5-4-6-25(28)26-14-11-23(17-30(26)37)22-9-12-24(33-3)13-10-22/h4-17H,1-2H3. The first kappa shape index (κ1) is 22.2. The van der Waals surface area contributed by atoms with E-state index in [1.165, 1.54) is 0 Å². The Balaban J connectivity index is 1.68. The summed E-state index contributed by atoms with van der Waals surface area (Å²) < 4.78 is 2.21. The fourth-order valence-electron chi connectivity index (χ4n) is 4.85. The van der Waals surface area contributed by atoms with Crippen molar-refractivity contribution in [1.29, 1.82) is 5.26 Å². The van der Waals surface area contributed by atoms with Gasteiger partial charge in [0.1, 0.15) is 11.6 Å². The largest absolute Gasteiger partial charge is 0.308 e. The summed E-state index contributed by atoms with van der Waals surface area (Å²) in [6, 6.07) is 30.3. The molecule has 2 aromatic heterocycles. The summed E-state index contributed by atoms with van der Waals surface area (Å²) in [5.74, 6) is 1.79. The molecule has 6 heteroatoms. The van der Waals surface area contributed by atoms with Crippen molar-refractivity contribution in [2.75, 3.05) is 0 Å². The van der Waals surface area contributed by atoms with Crippen molar-refractivity contribution < 1.29 is 0 Å². The molecular formula is C31H20N6. The summed E-state index contributed by atoms with van der Waals surface area (Å²) in [5, 5.41) is 11.9. The second-order valence-corrected chi connectivity index (χ2v) is 8.84. The predicted octanol–water partition coefficient (Wildman–Crippen LogP) is 7.34. The third-order valence-corrected chi connectivity index (χ3v) is 6.47. The molecule has 0 saturated carbocycles. The summed E-state index contributed by atoms with van der Waals surface area (Å²) in [6.45, 7) is 10.9. The van der Waals surface area contributed by atoms with Crippen molar-refractivity contribution in [2.45, 2.75) is 13.8 Å². The maximum atomic E-state index is 9.65. The number of aromatic nitrogens is 4. The molecule has 4 aromatic carbocycles. The molecule has 174 valence electrons. The van der Waals surface area contributed by atoms with Gasteiger partial charge in [-0.15, -0.1) is 0 Å². The normalized spacial score (nSPS) is 10.9. The SMILES string of the molecule is [C-]#[N+]c1ccc(-c2ccc3c4ccccc4n(-c4ccc(C#N)cc4-c4nc(C)nc(C)n4)c3c2)cc1. The Morgan fingerprint density at radius 3 is 2.19 bits per heavy atom. The van der Waals surface area contributed by atoms with E-state index in [0.717, 1.165) is 44.2 Å². The molecule has 0 radical (unpaired) electrons. The van der Waals surface area contributed by atoms with Gasteiger partial charge in [0.05, 0.1) is 34.9 Å². The zero-order chi connectivity index (χ0) is 25.5. The van der Waals surface area contributed by atoms with Gasteiger partial charge >= 0.3 is 0 Å². The number of hydrogen-bond donors (Lipinski definition) is 0. The van der Waals surface area contributed by atoms with Gasteiger partial charge in [0.15, 0.2) is 11.5 Å². The number of para-hydroxylation sites is 1. The number of benzene rings is 4. The van der Waals surface area contributed by atoms with Crippen LogP contribution >= 0.6 is 0 Å². The van der Waals surface area contributed by atoms with Crippen LogP contribution in [-0.4, -0.2) is 19.5 Å². The van der Waals surface area contributed by atoms with E-state index in [-0.39, 0.29) is 0 Å². The van der Waals surface area contributed by atoms with E-state index in [0.29, 0.717) is 28.7 Å². The first-order chi connectivity index (χ1) is 18.1. The molecule has 0 unspecified atom stereocenters. The van der Waals surface area contributed by atoms with Crippen LogP contribution in [-0.2, 0) is 0 Å². The van der Waals surface area contributed by atoms with Crippen molar-refractivity contribution in [1.82, 2.24) is 19.5 Å². The van der Waals surface area contributed by atoms with Gasteiger partial charge in [-0.2, -0.15) is 5.26 Å². The molecule has 6 aromatic rings. The monoisotopic (exact) mass is 476 g/mol. The van der Waals surface area contributed by atoms with Crippen LogP contribution in [0.25, 0.3) is 54.9 Å². The lowest BCUT2D eigenvalue weighted by Gasteiger charge is -2.14. The average molecular weight is 477 g/mol. The topological polar surface area (TPSA) is 71.8 Å². The molecule has 0 N–H and O–H groups in total. The van der Waals surface area contributed by atoms with Gasteiger partial charge in [0.2, 0.25) is 0 Å². The van der Waals surface area contributed by atoms with Crippen molar-refractivity contribution in [2.24, 2.45) is 0 Å². The molecule has 0 aliphatic rings. The van der Waals surface area contributed by atoms with E-state index in [4.69, 9.17) is 6.57 Å². The van der Waals surface area contributed by atoms with Gasteiger partial charge in [0.25, 0.3) is 0 Å². The first-order valence-corrected chi connectivity index (χ1v) is 11.8. The second-order valence-electron chi connectivity index (χ2n) is 8.84. The van der Waals surface area contributed by atoms with Crippen LogP contribution in [0.15, 0.2) is 84.9 Å². The molecule has 0 saturated heterocycles.